The van der Waals surface area contributed by atoms with E-state index >= 15 is 0 Å². The molecule has 4 nitrogen and oxygen atoms in total. The summed E-state index contributed by atoms with van der Waals surface area (Å²) in [4.78, 5) is 13.8. The van der Waals surface area contributed by atoms with Gasteiger partial charge in [-0.05, 0) is 38.0 Å². The van der Waals surface area contributed by atoms with Crippen LogP contribution in [-0.4, -0.2) is 43.3 Å². The molecule has 2 fully saturated rings. The van der Waals surface area contributed by atoms with Crippen molar-refractivity contribution in [3.05, 3.63) is 0 Å². The Kier molecular flexibility index (Phi) is 4.66. The lowest BCUT2D eigenvalue weighted by Crippen LogP contribution is -2.45. The summed E-state index contributed by atoms with van der Waals surface area (Å²) in [6.07, 6.45) is 6.03. The molecular weight excluding hydrogens is 216 g/mol. The summed E-state index contributed by atoms with van der Waals surface area (Å²) >= 11 is 0. The first kappa shape index (κ1) is 12.7. The molecule has 0 bridgehead atoms. The number of amides is 2. The van der Waals surface area contributed by atoms with E-state index in [1.807, 2.05) is 4.90 Å². The third-order valence-electron chi connectivity index (χ3n) is 3.71. The minimum absolute atomic E-state index is 0.106. The molecule has 0 aromatic heterocycles. The van der Waals surface area contributed by atoms with Gasteiger partial charge in [0.25, 0.3) is 0 Å². The third-order valence-corrected chi connectivity index (χ3v) is 3.71. The average molecular weight is 240 g/mol. The zero-order valence-electron chi connectivity index (χ0n) is 10.8. The van der Waals surface area contributed by atoms with Gasteiger partial charge in [0.05, 0.1) is 6.10 Å². The van der Waals surface area contributed by atoms with Crippen LogP contribution in [0.1, 0.15) is 39.0 Å². The maximum absolute atomic E-state index is 11.9. The monoisotopic (exact) mass is 240 g/mol. The summed E-state index contributed by atoms with van der Waals surface area (Å²) in [7, 11) is 0. The first-order valence-electron chi connectivity index (χ1n) is 6.90. The van der Waals surface area contributed by atoms with Crippen LogP contribution >= 0.6 is 0 Å². The van der Waals surface area contributed by atoms with Gasteiger partial charge < -0.3 is 15.0 Å². The number of carbonyl (C=O) groups is 1. The van der Waals surface area contributed by atoms with Crippen molar-refractivity contribution in [1.29, 1.82) is 0 Å². The van der Waals surface area contributed by atoms with Gasteiger partial charge in [-0.2, -0.15) is 0 Å². The largest absolute Gasteiger partial charge is 0.378 e. The molecular formula is C13H24N2O2. The highest BCUT2D eigenvalue weighted by Crippen LogP contribution is 2.16. The highest BCUT2D eigenvalue weighted by atomic mass is 16.5. The highest BCUT2D eigenvalue weighted by Gasteiger charge is 2.21. The molecule has 0 spiro atoms. The normalized spacial score (nSPS) is 29.4. The number of nitrogens with one attached hydrogen (secondary N) is 1. The first-order valence-corrected chi connectivity index (χ1v) is 6.90. The quantitative estimate of drug-likeness (QED) is 0.819. The van der Waals surface area contributed by atoms with Crippen LogP contribution in [0.3, 0.4) is 0 Å². The summed E-state index contributed by atoms with van der Waals surface area (Å²) in [6.45, 7) is 5.67. The number of nitrogens with zero attached hydrogens (tertiary/aromatic N) is 1. The van der Waals surface area contributed by atoms with Crippen LogP contribution < -0.4 is 5.32 Å². The minimum Gasteiger partial charge on any atom is -0.378 e. The summed E-state index contributed by atoms with van der Waals surface area (Å²) in [5.74, 6) is 0.646. The highest BCUT2D eigenvalue weighted by molar-refractivity contribution is 5.74. The van der Waals surface area contributed by atoms with Gasteiger partial charge in [-0.1, -0.05) is 6.92 Å². The molecule has 4 heteroatoms. The van der Waals surface area contributed by atoms with Crippen molar-refractivity contribution in [3.8, 4) is 0 Å². The summed E-state index contributed by atoms with van der Waals surface area (Å²) in [6, 6.07) is 0.106. The Morgan fingerprint density at radius 3 is 3.00 bits per heavy atom. The second-order valence-electron chi connectivity index (χ2n) is 5.35. The summed E-state index contributed by atoms with van der Waals surface area (Å²) in [5.41, 5.74) is 0. The number of hydrogen-bond donors (Lipinski definition) is 1. The molecule has 2 aliphatic heterocycles. The predicted octanol–water partition coefficient (Wildman–Crippen LogP) is 2.00. The van der Waals surface area contributed by atoms with Gasteiger partial charge in [0, 0.05) is 26.2 Å². The maximum atomic E-state index is 11.9. The number of urea groups is 1. The Morgan fingerprint density at radius 1 is 1.41 bits per heavy atom. The van der Waals surface area contributed by atoms with Crippen molar-refractivity contribution in [3.63, 3.8) is 0 Å². The van der Waals surface area contributed by atoms with E-state index in [2.05, 4.69) is 12.2 Å². The number of piperidine rings is 1. The fraction of sp³-hybridized carbons (Fsp3) is 0.923. The zero-order valence-corrected chi connectivity index (χ0v) is 10.8. The van der Waals surface area contributed by atoms with E-state index in [-0.39, 0.29) is 6.03 Å². The Hall–Kier alpha value is -0.770. The molecule has 0 aliphatic carbocycles. The third kappa shape index (κ3) is 3.87. The van der Waals surface area contributed by atoms with E-state index in [1.165, 1.54) is 12.8 Å². The SMILES string of the molecule is CC1CCCN(C(=O)NCCC2CCCO2)C1. The molecule has 2 amide bonds. The zero-order chi connectivity index (χ0) is 12.1. The summed E-state index contributed by atoms with van der Waals surface area (Å²) < 4.78 is 5.53. The molecule has 2 aliphatic rings. The maximum Gasteiger partial charge on any atom is 0.317 e. The van der Waals surface area contributed by atoms with Crippen LogP contribution in [0.25, 0.3) is 0 Å². The van der Waals surface area contributed by atoms with E-state index in [4.69, 9.17) is 4.74 Å². The van der Waals surface area contributed by atoms with Crippen molar-refractivity contribution in [1.82, 2.24) is 10.2 Å². The Bertz CT molecular complexity index is 252. The van der Waals surface area contributed by atoms with Gasteiger partial charge >= 0.3 is 6.03 Å². The van der Waals surface area contributed by atoms with Crippen LogP contribution in [0, 0.1) is 5.92 Å². The standard InChI is InChI=1S/C13H24N2O2/c1-11-4-2-8-15(10-11)13(16)14-7-6-12-5-3-9-17-12/h11-12H,2-10H2,1H3,(H,14,16). The second-order valence-corrected chi connectivity index (χ2v) is 5.35. The number of ether oxygens (including phenoxy) is 1. The van der Waals surface area contributed by atoms with Gasteiger partial charge in [-0.15, -0.1) is 0 Å². The Morgan fingerprint density at radius 2 is 2.29 bits per heavy atom. The van der Waals surface area contributed by atoms with Gasteiger partial charge in [0.2, 0.25) is 0 Å². The van der Waals surface area contributed by atoms with Gasteiger partial charge in [0.15, 0.2) is 0 Å². The first-order chi connectivity index (χ1) is 8.25. The van der Waals surface area contributed by atoms with E-state index in [9.17, 15) is 4.79 Å². The van der Waals surface area contributed by atoms with Crippen molar-refractivity contribution in [2.75, 3.05) is 26.2 Å². The van der Waals surface area contributed by atoms with Crippen LogP contribution in [0.15, 0.2) is 0 Å². The molecule has 2 rings (SSSR count). The van der Waals surface area contributed by atoms with E-state index < -0.39 is 0 Å². The molecule has 0 saturated carbocycles. The van der Waals surface area contributed by atoms with Crippen LogP contribution in [0.2, 0.25) is 0 Å². The number of likely N-dealkylation sites (tertiary alicyclic amines) is 1. The number of hydrogen-bond acceptors (Lipinski definition) is 2. The molecule has 2 saturated heterocycles. The average Bonchev–Trinajstić information content (AvgIpc) is 2.82. The van der Waals surface area contributed by atoms with E-state index in [1.54, 1.807) is 0 Å². The van der Waals surface area contributed by atoms with Gasteiger partial charge in [-0.3, -0.25) is 0 Å². The smallest absolute Gasteiger partial charge is 0.317 e. The van der Waals surface area contributed by atoms with Crippen molar-refractivity contribution < 1.29 is 9.53 Å². The number of rotatable bonds is 3. The Balaban J connectivity index is 1.62. The molecule has 98 valence electrons. The molecule has 2 heterocycles. The van der Waals surface area contributed by atoms with Crippen LogP contribution in [0.5, 0.6) is 0 Å². The molecule has 0 aromatic carbocycles. The number of carbonyl (C=O) groups excluding carboxylic acids is 1. The fourth-order valence-electron chi connectivity index (χ4n) is 2.70. The van der Waals surface area contributed by atoms with Crippen molar-refractivity contribution in [2.24, 2.45) is 5.92 Å². The van der Waals surface area contributed by atoms with Crippen LogP contribution in [-0.2, 0) is 4.74 Å². The van der Waals surface area contributed by atoms with Crippen LogP contribution in [0.4, 0.5) is 4.79 Å². The van der Waals surface area contributed by atoms with E-state index in [0.717, 1.165) is 45.5 Å². The lowest BCUT2D eigenvalue weighted by atomic mass is 10.0. The molecule has 1 N–H and O–H groups in total. The predicted molar refractivity (Wildman–Crippen MR) is 67.0 cm³/mol. The van der Waals surface area contributed by atoms with Gasteiger partial charge in [0.1, 0.15) is 0 Å². The minimum atomic E-state index is 0.106. The summed E-state index contributed by atoms with van der Waals surface area (Å²) in [5, 5.41) is 3.01. The van der Waals surface area contributed by atoms with E-state index in [0.29, 0.717) is 12.0 Å². The Labute approximate surface area is 104 Å². The topological polar surface area (TPSA) is 41.6 Å². The lowest BCUT2D eigenvalue weighted by Gasteiger charge is -2.31. The second kappa shape index (κ2) is 6.24. The molecule has 2 unspecified atom stereocenters. The van der Waals surface area contributed by atoms with Gasteiger partial charge in [-0.25, -0.2) is 4.79 Å². The fourth-order valence-corrected chi connectivity index (χ4v) is 2.70. The molecule has 17 heavy (non-hydrogen) atoms. The lowest BCUT2D eigenvalue weighted by molar-refractivity contribution is 0.103. The molecule has 0 radical (unpaired) electrons. The van der Waals surface area contributed by atoms with Crippen molar-refractivity contribution in [2.45, 2.75) is 45.1 Å². The molecule has 2 atom stereocenters. The van der Waals surface area contributed by atoms with Crippen molar-refractivity contribution >= 4 is 6.03 Å². The molecule has 0 aromatic rings.